The normalized spacial score (nSPS) is 14.3. The summed E-state index contributed by atoms with van der Waals surface area (Å²) in [6, 6.07) is 11.7. The average Bonchev–Trinajstić information content (AvgIpc) is 2.77. The second-order valence-corrected chi connectivity index (χ2v) is 8.62. The molecule has 0 aliphatic carbocycles. The van der Waals surface area contributed by atoms with Gasteiger partial charge in [0.2, 0.25) is 5.91 Å². The molecule has 0 bridgehead atoms. The monoisotopic (exact) mass is 442 g/mol. The van der Waals surface area contributed by atoms with Crippen molar-refractivity contribution in [1.82, 2.24) is 4.90 Å². The van der Waals surface area contributed by atoms with Gasteiger partial charge >= 0.3 is 6.09 Å². The summed E-state index contributed by atoms with van der Waals surface area (Å²) < 4.78 is 24.3. The van der Waals surface area contributed by atoms with Gasteiger partial charge in [-0.2, -0.15) is 0 Å². The molecule has 0 aromatic heterocycles. The van der Waals surface area contributed by atoms with E-state index in [4.69, 9.17) is 9.47 Å². The molecule has 0 saturated carbocycles. The molecule has 1 aliphatic heterocycles. The average molecular weight is 443 g/mol. The molecule has 2 aromatic rings. The van der Waals surface area contributed by atoms with Gasteiger partial charge in [0.25, 0.3) is 0 Å². The number of benzene rings is 2. The van der Waals surface area contributed by atoms with Crippen molar-refractivity contribution in [2.45, 2.75) is 40.2 Å². The van der Waals surface area contributed by atoms with E-state index in [2.05, 4.69) is 5.32 Å². The summed E-state index contributed by atoms with van der Waals surface area (Å²) in [6.07, 6.45) is 0.912. The third-order valence-electron chi connectivity index (χ3n) is 5.41. The van der Waals surface area contributed by atoms with E-state index in [1.165, 1.54) is 12.1 Å². The number of piperidine rings is 1. The molecule has 2 aromatic carbocycles. The number of halogens is 1. The van der Waals surface area contributed by atoms with Gasteiger partial charge in [-0.1, -0.05) is 26.0 Å². The number of hydrogen-bond donors (Lipinski definition) is 1. The Morgan fingerprint density at radius 2 is 1.91 bits per heavy atom. The maximum atomic E-state index is 13.3. The Bertz CT molecular complexity index is 939. The Morgan fingerprint density at radius 1 is 1.16 bits per heavy atom. The first-order chi connectivity index (χ1) is 15.3. The van der Waals surface area contributed by atoms with E-state index in [9.17, 15) is 14.0 Å². The number of carbonyl (C=O) groups is 2. The lowest BCUT2D eigenvalue weighted by molar-refractivity contribution is -0.121. The Hall–Kier alpha value is -3.09. The zero-order chi connectivity index (χ0) is 23.1. The van der Waals surface area contributed by atoms with Gasteiger partial charge in [-0.05, 0) is 67.1 Å². The van der Waals surface area contributed by atoms with Gasteiger partial charge in [-0.3, -0.25) is 4.79 Å². The molecule has 1 aliphatic rings. The van der Waals surface area contributed by atoms with Crippen LogP contribution in [0.2, 0.25) is 0 Å². The molecular weight excluding hydrogens is 411 g/mol. The number of nitrogens with zero attached hydrogens (tertiary/aromatic N) is 1. The summed E-state index contributed by atoms with van der Waals surface area (Å²) in [7, 11) is 0. The maximum absolute atomic E-state index is 13.3. The molecule has 1 heterocycles. The van der Waals surface area contributed by atoms with Crippen LogP contribution in [0.4, 0.5) is 14.9 Å². The summed E-state index contributed by atoms with van der Waals surface area (Å²) in [5, 5.41) is 2.99. The predicted octanol–water partition coefficient (Wildman–Crippen LogP) is 5.16. The number of carbonyl (C=O) groups excluding carboxylic acids is 2. The molecule has 3 rings (SSSR count). The van der Waals surface area contributed by atoms with Crippen molar-refractivity contribution in [2.24, 2.45) is 11.8 Å². The standard InChI is InChI=1S/C25H31FN2O4/c1-17(2)15-32-25(30)28-11-9-20(10-12-28)24(29)27-23-8-7-22(13-18(23)3)31-16-19-5-4-6-21(26)14-19/h4-8,13-14,17,20H,9-12,15-16H2,1-3H3,(H,27,29). The highest BCUT2D eigenvalue weighted by Gasteiger charge is 2.28. The number of rotatable bonds is 7. The highest BCUT2D eigenvalue weighted by molar-refractivity contribution is 5.93. The summed E-state index contributed by atoms with van der Waals surface area (Å²) >= 11 is 0. The van der Waals surface area contributed by atoms with Crippen molar-refractivity contribution in [3.05, 3.63) is 59.4 Å². The van der Waals surface area contributed by atoms with E-state index in [1.54, 1.807) is 23.1 Å². The van der Waals surface area contributed by atoms with Crippen molar-refractivity contribution >= 4 is 17.7 Å². The van der Waals surface area contributed by atoms with Crippen molar-refractivity contribution in [2.75, 3.05) is 25.0 Å². The summed E-state index contributed by atoms with van der Waals surface area (Å²) in [4.78, 5) is 26.5. The van der Waals surface area contributed by atoms with Crippen LogP contribution < -0.4 is 10.1 Å². The lowest BCUT2D eigenvalue weighted by Gasteiger charge is -2.31. The predicted molar refractivity (Wildman–Crippen MR) is 121 cm³/mol. The second-order valence-electron chi connectivity index (χ2n) is 8.62. The number of nitrogens with one attached hydrogen (secondary N) is 1. The summed E-state index contributed by atoms with van der Waals surface area (Å²) in [5.41, 5.74) is 2.36. The van der Waals surface area contributed by atoms with Crippen LogP contribution in [0.1, 0.15) is 37.8 Å². The third kappa shape index (κ3) is 6.70. The first kappa shape index (κ1) is 23.6. The first-order valence-corrected chi connectivity index (χ1v) is 11.0. The van der Waals surface area contributed by atoms with Gasteiger partial charge in [0.15, 0.2) is 0 Å². The molecule has 1 N–H and O–H groups in total. The van der Waals surface area contributed by atoms with Crippen LogP contribution in [0.5, 0.6) is 5.75 Å². The first-order valence-electron chi connectivity index (χ1n) is 11.0. The van der Waals surface area contributed by atoms with Gasteiger partial charge in [0.1, 0.15) is 18.2 Å². The number of hydrogen-bond acceptors (Lipinski definition) is 4. The van der Waals surface area contributed by atoms with Gasteiger partial charge in [0, 0.05) is 24.7 Å². The maximum Gasteiger partial charge on any atom is 0.409 e. The molecule has 1 fully saturated rings. The van der Waals surface area contributed by atoms with Gasteiger partial charge in [-0.15, -0.1) is 0 Å². The fourth-order valence-corrected chi connectivity index (χ4v) is 3.55. The van der Waals surface area contributed by atoms with E-state index in [0.29, 0.717) is 44.2 Å². The lowest BCUT2D eigenvalue weighted by Crippen LogP contribution is -2.42. The van der Waals surface area contributed by atoms with E-state index in [1.807, 2.05) is 32.9 Å². The van der Waals surface area contributed by atoms with Crippen molar-refractivity contribution in [3.63, 3.8) is 0 Å². The fraction of sp³-hybridized carbons (Fsp3) is 0.440. The largest absolute Gasteiger partial charge is 0.489 e. The van der Waals surface area contributed by atoms with Crippen LogP contribution in [-0.2, 0) is 16.1 Å². The SMILES string of the molecule is Cc1cc(OCc2cccc(F)c2)ccc1NC(=O)C1CCN(C(=O)OCC(C)C)CC1. The van der Waals surface area contributed by atoms with Crippen LogP contribution in [0.25, 0.3) is 0 Å². The molecule has 2 amide bonds. The topological polar surface area (TPSA) is 67.9 Å². The van der Waals surface area contributed by atoms with E-state index in [0.717, 1.165) is 16.8 Å². The Kier molecular flexibility index (Phi) is 8.09. The highest BCUT2D eigenvalue weighted by atomic mass is 19.1. The molecule has 0 spiro atoms. The number of ether oxygens (including phenoxy) is 2. The molecule has 32 heavy (non-hydrogen) atoms. The molecular formula is C25H31FN2O4. The Labute approximate surface area is 188 Å². The van der Waals surface area contributed by atoms with E-state index in [-0.39, 0.29) is 30.3 Å². The van der Waals surface area contributed by atoms with Crippen molar-refractivity contribution in [1.29, 1.82) is 0 Å². The number of anilines is 1. The van der Waals surface area contributed by atoms with Gasteiger partial charge in [-0.25, -0.2) is 9.18 Å². The van der Waals surface area contributed by atoms with E-state index < -0.39 is 0 Å². The van der Waals surface area contributed by atoms with Crippen molar-refractivity contribution in [3.8, 4) is 5.75 Å². The summed E-state index contributed by atoms with van der Waals surface area (Å²) in [5.74, 6) is 0.462. The molecule has 0 atom stereocenters. The number of aryl methyl sites for hydroxylation is 1. The van der Waals surface area contributed by atoms with Crippen LogP contribution in [0.15, 0.2) is 42.5 Å². The summed E-state index contributed by atoms with van der Waals surface area (Å²) in [6.45, 7) is 7.59. The minimum atomic E-state index is -0.303. The minimum absolute atomic E-state index is 0.0447. The third-order valence-corrected chi connectivity index (χ3v) is 5.41. The van der Waals surface area contributed by atoms with Crippen LogP contribution in [-0.4, -0.2) is 36.6 Å². The van der Waals surface area contributed by atoms with Crippen LogP contribution >= 0.6 is 0 Å². The fourth-order valence-electron chi connectivity index (χ4n) is 3.55. The molecule has 1 saturated heterocycles. The zero-order valence-electron chi connectivity index (χ0n) is 18.9. The van der Waals surface area contributed by atoms with Crippen LogP contribution in [0.3, 0.4) is 0 Å². The number of amides is 2. The second kappa shape index (κ2) is 11.0. The van der Waals surface area contributed by atoms with Crippen LogP contribution in [0, 0.1) is 24.6 Å². The molecule has 172 valence electrons. The van der Waals surface area contributed by atoms with E-state index >= 15 is 0 Å². The number of likely N-dealkylation sites (tertiary alicyclic amines) is 1. The van der Waals surface area contributed by atoms with Gasteiger partial charge in [0.05, 0.1) is 6.61 Å². The van der Waals surface area contributed by atoms with Crippen molar-refractivity contribution < 1.29 is 23.5 Å². The molecule has 0 radical (unpaired) electrons. The minimum Gasteiger partial charge on any atom is -0.489 e. The Balaban J connectivity index is 1.48. The van der Waals surface area contributed by atoms with Gasteiger partial charge < -0.3 is 19.7 Å². The smallest absolute Gasteiger partial charge is 0.409 e. The highest BCUT2D eigenvalue weighted by Crippen LogP contribution is 2.25. The molecule has 7 heteroatoms. The zero-order valence-corrected chi connectivity index (χ0v) is 18.9. The molecule has 6 nitrogen and oxygen atoms in total. The lowest BCUT2D eigenvalue weighted by atomic mass is 9.96. The Morgan fingerprint density at radius 3 is 2.56 bits per heavy atom. The quantitative estimate of drug-likeness (QED) is 0.643. The molecule has 0 unspecified atom stereocenters.